The van der Waals surface area contributed by atoms with E-state index < -0.39 is 40.4 Å². The number of imide groups is 1. The van der Waals surface area contributed by atoms with E-state index >= 15 is 0 Å². The molecule has 244 valence electrons. The quantitative estimate of drug-likeness (QED) is 0.104. The van der Waals surface area contributed by atoms with Gasteiger partial charge in [0.1, 0.15) is 12.4 Å². The van der Waals surface area contributed by atoms with Gasteiger partial charge in [-0.15, -0.1) is 0 Å². The van der Waals surface area contributed by atoms with Gasteiger partial charge >= 0.3 is 17.5 Å². The van der Waals surface area contributed by atoms with Crippen LogP contribution in [0.25, 0.3) is 10.9 Å². The zero-order chi connectivity index (χ0) is 33.8. The number of carbonyl (C=O) groups is 4. The lowest BCUT2D eigenvalue weighted by Gasteiger charge is -2.31. The molecule has 0 aliphatic carbocycles. The number of aromatic nitrogens is 2. The highest BCUT2D eigenvalue weighted by molar-refractivity contribution is 8.00. The summed E-state index contributed by atoms with van der Waals surface area (Å²) in [5, 5.41) is 7.40. The molecule has 0 radical (unpaired) electrons. The van der Waals surface area contributed by atoms with E-state index in [1.807, 2.05) is 0 Å². The van der Waals surface area contributed by atoms with Crippen LogP contribution in [0.4, 0.5) is 23.7 Å². The van der Waals surface area contributed by atoms with Crippen molar-refractivity contribution in [3.05, 3.63) is 100 Å². The van der Waals surface area contributed by atoms with Crippen molar-refractivity contribution in [3.8, 4) is 0 Å². The Morgan fingerprint density at radius 2 is 1.74 bits per heavy atom. The van der Waals surface area contributed by atoms with E-state index in [9.17, 15) is 37.1 Å². The van der Waals surface area contributed by atoms with E-state index in [0.29, 0.717) is 11.1 Å². The molecule has 3 aromatic carbocycles. The summed E-state index contributed by atoms with van der Waals surface area (Å²) in [6, 6.07) is 17.9. The zero-order valence-corrected chi connectivity index (χ0v) is 25.7. The molecule has 5 rings (SSSR count). The molecule has 0 saturated carbocycles. The largest absolute Gasteiger partial charge is 0.459 e. The molecule has 1 aromatic heterocycles. The number of thioether (sulfide) groups is 1. The number of hydrogen-bond donors (Lipinski definition) is 3. The Labute approximate surface area is 269 Å². The van der Waals surface area contributed by atoms with Gasteiger partial charge in [-0.25, -0.2) is 14.6 Å². The zero-order valence-electron chi connectivity index (χ0n) is 24.8. The molecule has 1 atom stereocenters. The van der Waals surface area contributed by atoms with Crippen LogP contribution in [0.2, 0.25) is 0 Å². The van der Waals surface area contributed by atoms with Gasteiger partial charge in [0.25, 0.3) is 11.5 Å². The van der Waals surface area contributed by atoms with E-state index in [1.54, 1.807) is 42.5 Å². The van der Waals surface area contributed by atoms with Crippen LogP contribution < -0.4 is 21.5 Å². The number of esters is 1. The van der Waals surface area contributed by atoms with Crippen LogP contribution in [-0.4, -0.2) is 38.9 Å². The van der Waals surface area contributed by atoms with Crippen LogP contribution in [0.1, 0.15) is 36.2 Å². The molecule has 47 heavy (non-hydrogen) atoms. The second-order valence-electron chi connectivity index (χ2n) is 10.7. The molecule has 0 bridgehead atoms. The van der Waals surface area contributed by atoms with Gasteiger partial charge in [0.15, 0.2) is 0 Å². The number of hydrogen-bond acceptors (Lipinski definition) is 8. The smallest absolute Gasteiger partial charge is 0.446 e. The Balaban J connectivity index is 1.40. The second kappa shape index (κ2) is 13.7. The number of rotatable bonds is 8. The molecular weight excluding hydrogens is 639 g/mol. The number of halogens is 3. The van der Waals surface area contributed by atoms with Crippen molar-refractivity contribution in [2.45, 2.75) is 55.3 Å². The number of amides is 4. The lowest BCUT2D eigenvalue weighted by molar-refractivity contribution is -0.161. The summed E-state index contributed by atoms with van der Waals surface area (Å²) in [4.78, 5) is 70.7. The number of anilines is 1. The summed E-state index contributed by atoms with van der Waals surface area (Å²) in [5.41, 5.74) is -5.72. The molecule has 1 fully saturated rings. The second-order valence-corrected chi connectivity index (χ2v) is 11.8. The summed E-state index contributed by atoms with van der Waals surface area (Å²) in [5.74, 6) is -2.55. The van der Waals surface area contributed by atoms with Gasteiger partial charge in [0.2, 0.25) is 11.4 Å². The number of alkyl halides is 3. The van der Waals surface area contributed by atoms with E-state index in [4.69, 9.17) is 4.74 Å². The normalized spacial score (nSPS) is 16.7. The third-order valence-corrected chi connectivity index (χ3v) is 8.14. The fourth-order valence-electron chi connectivity index (χ4n) is 5.25. The summed E-state index contributed by atoms with van der Waals surface area (Å²) in [7, 11) is 0. The van der Waals surface area contributed by atoms with Gasteiger partial charge in [0.05, 0.1) is 10.9 Å². The first-order chi connectivity index (χ1) is 22.4. The number of ether oxygens (including phenoxy) is 1. The van der Waals surface area contributed by atoms with Crippen LogP contribution in [-0.2, 0) is 37.8 Å². The van der Waals surface area contributed by atoms with Gasteiger partial charge in [-0.05, 0) is 79.1 Å². The van der Waals surface area contributed by atoms with E-state index in [-0.39, 0.29) is 71.5 Å². The number of fused-ring (bicyclic) bond motifs is 1. The highest BCUT2D eigenvalue weighted by Gasteiger charge is 2.52. The highest BCUT2D eigenvalue weighted by Crippen LogP contribution is 2.37. The first kappa shape index (κ1) is 33.2. The van der Waals surface area contributed by atoms with Crippen LogP contribution >= 0.6 is 11.8 Å². The van der Waals surface area contributed by atoms with E-state index in [0.717, 1.165) is 4.57 Å². The molecule has 0 spiro atoms. The predicted octanol–water partition coefficient (Wildman–Crippen LogP) is 4.90. The average Bonchev–Trinajstić information content (AvgIpc) is 3.17. The maximum absolute atomic E-state index is 14.1. The van der Waals surface area contributed by atoms with Crippen molar-refractivity contribution in [1.29, 1.82) is 0 Å². The van der Waals surface area contributed by atoms with E-state index in [1.165, 1.54) is 37.3 Å². The Morgan fingerprint density at radius 1 is 1.02 bits per heavy atom. The molecule has 1 unspecified atom stereocenters. The Bertz CT molecular complexity index is 1900. The fourth-order valence-corrected chi connectivity index (χ4v) is 5.79. The molecular formula is C32H28F3N5O6S. The molecule has 2 heterocycles. The monoisotopic (exact) mass is 667 g/mol. The Morgan fingerprint density at radius 3 is 2.45 bits per heavy atom. The summed E-state index contributed by atoms with van der Waals surface area (Å²) in [6.07, 6.45) is -0.114. The van der Waals surface area contributed by atoms with Crippen LogP contribution in [0, 0.1) is 6.92 Å². The number of carbonyl (C=O) groups excluding carboxylic acids is 4. The van der Waals surface area contributed by atoms with Crippen molar-refractivity contribution in [2.75, 3.05) is 5.32 Å². The summed E-state index contributed by atoms with van der Waals surface area (Å²) >= 11 is -0.271. The van der Waals surface area contributed by atoms with Crippen LogP contribution in [0.3, 0.4) is 0 Å². The minimum Gasteiger partial charge on any atom is -0.459 e. The number of benzene rings is 3. The third-order valence-electron chi connectivity index (χ3n) is 7.40. The lowest BCUT2D eigenvalue weighted by Crippen LogP contribution is -2.58. The van der Waals surface area contributed by atoms with Crippen LogP contribution in [0.15, 0.2) is 82.5 Å². The van der Waals surface area contributed by atoms with E-state index in [2.05, 4.69) is 20.9 Å². The first-order valence-electron chi connectivity index (χ1n) is 14.3. The van der Waals surface area contributed by atoms with Gasteiger partial charge in [-0.2, -0.15) is 13.2 Å². The SMILES string of the molecule is Cc1nc2ccc(CNC(=O)Nc3ccc(SC(F)(F)F)cc3)cc2c(=O)n1C1(C(=O)OCc2ccccc2)CCCC(=O)NC1=O. The predicted molar refractivity (Wildman–Crippen MR) is 166 cm³/mol. The Hall–Kier alpha value is -5.18. The van der Waals surface area contributed by atoms with Crippen molar-refractivity contribution in [1.82, 2.24) is 20.2 Å². The summed E-state index contributed by atoms with van der Waals surface area (Å²) < 4.78 is 44.3. The lowest BCUT2D eigenvalue weighted by atomic mass is 9.91. The number of aryl methyl sites for hydroxylation is 1. The van der Waals surface area contributed by atoms with Crippen molar-refractivity contribution in [2.24, 2.45) is 0 Å². The molecule has 15 heteroatoms. The summed E-state index contributed by atoms with van der Waals surface area (Å²) in [6.45, 7) is 1.24. The molecule has 1 aliphatic rings. The van der Waals surface area contributed by atoms with Crippen molar-refractivity contribution < 1.29 is 37.1 Å². The Kier molecular flexibility index (Phi) is 9.65. The molecule has 1 saturated heterocycles. The average molecular weight is 668 g/mol. The van der Waals surface area contributed by atoms with Gasteiger partial charge in [0, 0.05) is 23.5 Å². The molecule has 1 aliphatic heterocycles. The first-order valence-corrected chi connectivity index (χ1v) is 15.2. The standard InChI is InChI=1S/C32H28F3N5O6S/c1-19-37-25-14-9-21(17-36-30(45)38-22-10-12-23(13-11-22)47-32(33,34)35)16-24(25)27(42)40(19)31(15-5-8-26(41)39-28(31)43)29(44)46-18-20-6-3-2-4-7-20/h2-4,6-7,9-14,16H,5,8,15,17-18H2,1H3,(H2,36,38,45)(H,39,41,43). The van der Waals surface area contributed by atoms with Gasteiger partial charge < -0.3 is 15.4 Å². The molecule has 4 aromatic rings. The number of nitrogens with zero attached hydrogens (tertiary/aromatic N) is 2. The van der Waals surface area contributed by atoms with Gasteiger partial charge in [-0.1, -0.05) is 36.4 Å². The van der Waals surface area contributed by atoms with Crippen LogP contribution in [0.5, 0.6) is 0 Å². The molecule has 3 N–H and O–H groups in total. The molecule has 11 nitrogen and oxygen atoms in total. The number of urea groups is 1. The molecule has 4 amide bonds. The maximum Gasteiger partial charge on any atom is 0.446 e. The third kappa shape index (κ3) is 7.62. The topological polar surface area (TPSA) is 148 Å². The highest BCUT2D eigenvalue weighted by atomic mass is 32.2. The fraction of sp³-hybridized carbons (Fsp3) is 0.250. The number of nitrogens with one attached hydrogen (secondary N) is 3. The van der Waals surface area contributed by atoms with Gasteiger partial charge in [-0.3, -0.25) is 24.3 Å². The maximum atomic E-state index is 14.1. The minimum absolute atomic E-state index is 0.0340. The van der Waals surface area contributed by atoms with Crippen molar-refractivity contribution >= 4 is 52.2 Å². The van der Waals surface area contributed by atoms with Crippen molar-refractivity contribution in [3.63, 3.8) is 0 Å². The minimum atomic E-state index is -4.43.